The van der Waals surface area contributed by atoms with Gasteiger partial charge in [-0.1, -0.05) is 6.42 Å². The molecule has 22 nitrogen and oxygen atoms in total. The van der Waals surface area contributed by atoms with Crippen LogP contribution in [-0.2, 0) is 43.2 Å². The maximum atomic E-state index is 12.7. The van der Waals surface area contributed by atoms with Crippen molar-refractivity contribution >= 4 is 53.2 Å². The van der Waals surface area contributed by atoms with Crippen LogP contribution in [0.5, 0.6) is 0 Å². The molecular formula is C25H45N11O11. The first-order valence-electron chi connectivity index (χ1n) is 14.3. The molecule has 0 spiro atoms. The maximum Gasteiger partial charge on any atom is 0.245 e. The minimum atomic E-state index is -1.61. The average Bonchev–Trinajstić information content (AvgIpc) is 3.00. The van der Waals surface area contributed by atoms with Gasteiger partial charge in [-0.05, 0) is 25.8 Å². The number of hydrogen-bond acceptors (Lipinski definition) is 13. The summed E-state index contributed by atoms with van der Waals surface area (Å²) >= 11 is 0. The van der Waals surface area contributed by atoms with Gasteiger partial charge in [-0.15, -0.1) is 0 Å². The minimum Gasteiger partial charge on any atom is -0.394 e. The molecule has 22 heteroatoms. The van der Waals surface area contributed by atoms with Gasteiger partial charge in [0.1, 0.15) is 24.2 Å². The highest BCUT2D eigenvalue weighted by Gasteiger charge is 2.29. The number of aliphatic hydroxyl groups excluding tert-OH is 2. The molecule has 5 atom stereocenters. The zero-order valence-corrected chi connectivity index (χ0v) is 25.6. The van der Waals surface area contributed by atoms with Crippen LogP contribution in [0.3, 0.4) is 0 Å². The van der Waals surface area contributed by atoms with Crippen LogP contribution < -0.4 is 60.6 Å². The first-order chi connectivity index (χ1) is 22.1. The normalized spacial score (nSPS) is 13.8. The van der Waals surface area contributed by atoms with E-state index in [1.165, 1.54) is 0 Å². The smallest absolute Gasteiger partial charge is 0.245 e. The lowest BCUT2D eigenvalue weighted by molar-refractivity contribution is -0.134. The Labute approximate surface area is 269 Å². The Morgan fingerprint density at radius 2 is 1.11 bits per heavy atom. The molecule has 0 unspecified atom stereocenters. The third kappa shape index (κ3) is 18.0. The van der Waals surface area contributed by atoms with Crippen LogP contribution in [0.15, 0.2) is 0 Å². The van der Waals surface area contributed by atoms with Crippen LogP contribution in [0.2, 0.25) is 0 Å². The van der Waals surface area contributed by atoms with Crippen molar-refractivity contribution in [2.75, 3.05) is 32.8 Å². The van der Waals surface area contributed by atoms with E-state index in [1.54, 1.807) is 0 Å². The van der Waals surface area contributed by atoms with Gasteiger partial charge in [0, 0.05) is 6.42 Å². The van der Waals surface area contributed by atoms with E-state index >= 15 is 0 Å². The van der Waals surface area contributed by atoms with E-state index in [0.717, 1.165) is 0 Å². The predicted octanol–water partition coefficient (Wildman–Crippen LogP) is -8.77. The summed E-state index contributed by atoms with van der Waals surface area (Å²) in [4.78, 5) is 108. The van der Waals surface area contributed by atoms with Crippen LogP contribution in [-0.4, -0.2) is 126 Å². The number of amides is 9. The first kappa shape index (κ1) is 42.1. The molecule has 0 heterocycles. The lowest BCUT2D eigenvalue weighted by Gasteiger charge is -2.23. The quantitative estimate of drug-likeness (QED) is 0.0423. The SMILES string of the molecule is NCCCC[C@H](N)C(=O)N[C@@H](CO)C(=O)N[C@@H](CCC(N)=O)C(=O)NCC(=O)NCC(=O)N[C@@H](CO)C(=O)N[C@@H](CC(N)=O)C(N)=O. The largest absolute Gasteiger partial charge is 0.394 e. The molecule has 0 fully saturated rings. The lowest BCUT2D eigenvalue weighted by Crippen LogP contribution is -2.57. The summed E-state index contributed by atoms with van der Waals surface area (Å²) in [5.41, 5.74) is 26.4. The number of rotatable bonds is 24. The van der Waals surface area contributed by atoms with Gasteiger partial charge in [0.15, 0.2) is 0 Å². The van der Waals surface area contributed by atoms with Crippen LogP contribution in [0.4, 0.5) is 0 Å². The Morgan fingerprint density at radius 3 is 1.62 bits per heavy atom. The highest BCUT2D eigenvalue weighted by molar-refractivity contribution is 5.96. The fourth-order valence-corrected chi connectivity index (χ4v) is 3.61. The molecule has 0 radical (unpaired) electrons. The van der Waals surface area contributed by atoms with E-state index in [9.17, 15) is 53.4 Å². The van der Waals surface area contributed by atoms with Crippen LogP contribution in [0, 0.1) is 0 Å². The van der Waals surface area contributed by atoms with E-state index in [-0.39, 0.29) is 19.3 Å². The number of hydrogen-bond donors (Lipinski definition) is 13. The Kier molecular flexibility index (Phi) is 20.2. The molecule has 0 aliphatic rings. The summed E-state index contributed by atoms with van der Waals surface area (Å²) in [6.45, 7) is -2.88. The Hall–Kier alpha value is -4.93. The molecule has 266 valence electrons. The summed E-state index contributed by atoms with van der Waals surface area (Å²) in [7, 11) is 0. The molecule has 0 bridgehead atoms. The van der Waals surface area contributed by atoms with E-state index in [0.29, 0.717) is 19.4 Å². The van der Waals surface area contributed by atoms with Crippen LogP contribution >= 0.6 is 0 Å². The standard InChI is InChI=1S/C25H45N11O11/c26-6-2-1-3-12(27)22(44)36-16(11-38)25(47)34-13(4-5-17(28)39)23(45)32-8-19(41)31-9-20(42)33-15(10-37)24(46)35-14(21(30)43)7-18(29)40/h12-16,37-38H,1-11,26-27H2,(H2,28,39)(H2,29,40)(H2,30,43)(H,31,41)(H,32,45)(H,33,42)(H,34,47)(H,35,46)(H,36,44)/t12-,13-,14-,15-,16-/m0/s1. The fraction of sp³-hybridized carbons (Fsp3) is 0.640. The second-order valence-corrected chi connectivity index (χ2v) is 10.1. The molecule has 9 amide bonds. The summed E-state index contributed by atoms with van der Waals surface area (Å²) in [5, 5.41) is 32.0. The van der Waals surface area contributed by atoms with E-state index < -0.39 is 116 Å². The number of aliphatic hydroxyl groups is 2. The van der Waals surface area contributed by atoms with Crippen molar-refractivity contribution in [2.45, 2.75) is 68.7 Å². The zero-order chi connectivity index (χ0) is 36.1. The molecule has 18 N–H and O–H groups in total. The molecule has 0 aromatic carbocycles. The van der Waals surface area contributed by atoms with Crippen molar-refractivity contribution in [2.24, 2.45) is 28.7 Å². The molecular weight excluding hydrogens is 630 g/mol. The van der Waals surface area contributed by atoms with Gasteiger partial charge >= 0.3 is 0 Å². The predicted molar refractivity (Wildman–Crippen MR) is 160 cm³/mol. The number of nitrogens with two attached hydrogens (primary N) is 5. The van der Waals surface area contributed by atoms with Crippen molar-refractivity contribution in [1.82, 2.24) is 31.9 Å². The van der Waals surface area contributed by atoms with E-state index in [2.05, 4.69) is 31.9 Å². The Bertz CT molecular complexity index is 1140. The first-order valence-corrected chi connectivity index (χ1v) is 14.3. The monoisotopic (exact) mass is 675 g/mol. The molecule has 0 rings (SSSR count). The van der Waals surface area contributed by atoms with Gasteiger partial charge in [0.2, 0.25) is 53.2 Å². The number of carbonyl (C=O) groups is 9. The number of primary amides is 3. The number of unbranched alkanes of at least 4 members (excludes halogenated alkanes) is 1. The molecule has 0 aromatic rings. The molecule has 0 aromatic heterocycles. The van der Waals surface area contributed by atoms with Gasteiger partial charge in [-0.2, -0.15) is 0 Å². The molecule has 47 heavy (non-hydrogen) atoms. The van der Waals surface area contributed by atoms with Gasteiger partial charge in [0.05, 0.1) is 38.8 Å². The van der Waals surface area contributed by atoms with Crippen molar-refractivity contribution in [3.8, 4) is 0 Å². The van der Waals surface area contributed by atoms with Gasteiger partial charge in [-0.25, -0.2) is 0 Å². The molecule has 0 aliphatic heterocycles. The lowest BCUT2D eigenvalue weighted by atomic mass is 10.1. The number of carbonyl (C=O) groups excluding carboxylic acids is 9. The number of nitrogens with one attached hydrogen (secondary N) is 6. The van der Waals surface area contributed by atoms with Crippen molar-refractivity contribution in [3.05, 3.63) is 0 Å². The van der Waals surface area contributed by atoms with Crippen LogP contribution in [0.25, 0.3) is 0 Å². The third-order valence-corrected chi connectivity index (χ3v) is 6.20. The van der Waals surface area contributed by atoms with Gasteiger partial charge < -0.3 is 70.8 Å². The Balaban J connectivity index is 5.09. The van der Waals surface area contributed by atoms with Crippen molar-refractivity contribution in [3.63, 3.8) is 0 Å². The van der Waals surface area contributed by atoms with Gasteiger partial charge in [-0.3, -0.25) is 43.2 Å². The second-order valence-electron chi connectivity index (χ2n) is 10.1. The fourth-order valence-electron chi connectivity index (χ4n) is 3.61. The highest BCUT2D eigenvalue weighted by Crippen LogP contribution is 2.01. The van der Waals surface area contributed by atoms with Crippen molar-refractivity contribution in [1.29, 1.82) is 0 Å². The second kappa shape index (κ2) is 22.6. The highest BCUT2D eigenvalue weighted by atomic mass is 16.3. The minimum absolute atomic E-state index is 0.267. The van der Waals surface area contributed by atoms with Gasteiger partial charge in [0.25, 0.3) is 0 Å². The third-order valence-electron chi connectivity index (χ3n) is 6.20. The van der Waals surface area contributed by atoms with Crippen molar-refractivity contribution < 1.29 is 53.4 Å². The maximum absolute atomic E-state index is 12.7. The summed E-state index contributed by atoms with van der Waals surface area (Å²) in [6.07, 6.45) is 0.121. The summed E-state index contributed by atoms with van der Waals surface area (Å²) in [5.74, 6) is -8.54. The molecule has 0 aliphatic carbocycles. The zero-order valence-electron chi connectivity index (χ0n) is 25.6. The van der Waals surface area contributed by atoms with Crippen LogP contribution in [0.1, 0.15) is 38.5 Å². The summed E-state index contributed by atoms with van der Waals surface area (Å²) < 4.78 is 0. The topological polar surface area (TPSA) is 396 Å². The molecule has 0 saturated carbocycles. The van der Waals surface area contributed by atoms with E-state index in [4.69, 9.17) is 28.7 Å². The van der Waals surface area contributed by atoms with E-state index in [1.807, 2.05) is 0 Å². The molecule has 0 saturated heterocycles. The summed E-state index contributed by atoms with van der Waals surface area (Å²) in [6, 6.07) is -7.06. The average molecular weight is 676 g/mol. The Morgan fingerprint density at radius 1 is 0.574 bits per heavy atom.